The maximum absolute atomic E-state index is 12.4. The summed E-state index contributed by atoms with van der Waals surface area (Å²) in [5.41, 5.74) is 2.38. The summed E-state index contributed by atoms with van der Waals surface area (Å²) < 4.78 is 7.60. The molecule has 1 amide bonds. The first-order valence-electron chi connectivity index (χ1n) is 8.21. The van der Waals surface area contributed by atoms with Crippen LogP contribution in [0.15, 0.2) is 65.1 Å². The maximum atomic E-state index is 12.4. The van der Waals surface area contributed by atoms with Crippen molar-refractivity contribution in [2.24, 2.45) is 4.99 Å². The van der Waals surface area contributed by atoms with E-state index in [-0.39, 0.29) is 5.91 Å². The molecule has 3 aromatic rings. The minimum absolute atomic E-state index is 0.329. The van der Waals surface area contributed by atoms with Gasteiger partial charge in [0.25, 0.3) is 5.91 Å². The largest absolute Gasteiger partial charge is 0.481 e. The van der Waals surface area contributed by atoms with Crippen LogP contribution >= 0.6 is 22.9 Å². The molecule has 0 saturated carbocycles. The molecule has 0 aliphatic rings. The van der Waals surface area contributed by atoms with E-state index in [1.165, 1.54) is 16.9 Å². The third-order valence-electron chi connectivity index (χ3n) is 3.80. The summed E-state index contributed by atoms with van der Waals surface area (Å²) >= 11 is 7.37. The van der Waals surface area contributed by atoms with Crippen molar-refractivity contribution in [1.82, 2.24) is 4.57 Å². The van der Waals surface area contributed by atoms with Gasteiger partial charge in [0.2, 0.25) is 0 Å². The summed E-state index contributed by atoms with van der Waals surface area (Å²) in [4.78, 5) is 17.3. The van der Waals surface area contributed by atoms with Crippen LogP contribution in [0.2, 0.25) is 5.02 Å². The van der Waals surface area contributed by atoms with Crippen LogP contribution in [0.5, 0.6) is 5.75 Å². The first kappa shape index (κ1) is 18.4. The van der Waals surface area contributed by atoms with E-state index < -0.39 is 6.10 Å². The van der Waals surface area contributed by atoms with E-state index >= 15 is 0 Å². The quantitative estimate of drug-likeness (QED) is 0.650. The van der Waals surface area contributed by atoms with Crippen LogP contribution in [0.1, 0.15) is 18.1 Å². The number of hydrogen-bond donors (Lipinski definition) is 0. The Kier molecular flexibility index (Phi) is 5.91. The molecule has 0 bridgehead atoms. The van der Waals surface area contributed by atoms with Crippen molar-refractivity contribution in [1.29, 1.82) is 0 Å². The first-order valence-corrected chi connectivity index (χ1v) is 9.47. The maximum Gasteiger partial charge on any atom is 0.289 e. The SMILES string of the molecule is Cc1ccc(Cn2ccsc2=NC(=O)C(C)Oc2cccc(Cl)c2)cc1. The van der Waals surface area contributed by atoms with E-state index in [9.17, 15) is 4.79 Å². The van der Waals surface area contributed by atoms with Crippen LogP contribution in [0.4, 0.5) is 0 Å². The second-order valence-corrected chi connectivity index (χ2v) is 7.28. The highest BCUT2D eigenvalue weighted by molar-refractivity contribution is 7.07. The number of aryl methyl sites for hydroxylation is 1. The smallest absolute Gasteiger partial charge is 0.289 e. The predicted molar refractivity (Wildman–Crippen MR) is 105 cm³/mol. The number of aromatic nitrogens is 1. The lowest BCUT2D eigenvalue weighted by molar-refractivity contribution is -0.124. The van der Waals surface area contributed by atoms with Gasteiger partial charge in [0.15, 0.2) is 10.9 Å². The van der Waals surface area contributed by atoms with Crippen molar-refractivity contribution >= 4 is 28.8 Å². The fraction of sp³-hybridized carbons (Fsp3) is 0.200. The highest BCUT2D eigenvalue weighted by Gasteiger charge is 2.14. The molecule has 0 fully saturated rings. The summed E-state index contributed by atoms with van der Waals surface area (Å²) in [5, 5.41) is 2.48. The number of hydrogen-bond acceptors (Lipinski definition) is 3. The highest BCUT2D eigenvalue weighted by atomic mass is 35.5. The molecule has 1 atom stereocenters. The summed E-state index contributed by atoms with van der Waals surface area (Å²) in [6.45, 7) is 4.41. The van der Waals surface area contributed by atoms with Crippen LogP contribution < -0.4 is 9.54 Å². The number of halogens is 1. The van der Waals surface area contributed by atoms with Crippen molar-refractivity contribution in [3.63, 3.8) is 0 Å². The van der Waals surface area contributed by atoms with Crippen LogP contribution in [0.3, 0.4) is 0 Å². The number of benzene rings is 2. The van der Waals surface area contributed by atoms with Crippen molar-refractivity contribution < 1.29 is 9.53 Å². The Morgan fingerprint density at radius 3 is 2.77 bits per heavy atom. The number of thiazole rings is 1. The number of ether oxygens (including phenoxy) is 1. The highest BCUT2D eigenvalue weighted by Crippen LogP contribution is 2.18. The Morgan fingerprint density at radius 1 is 1.27 bits per heavy atom. The third-order valence-corrected chi connectivity index (χ3v) is 4.83. The Bertz CT molecular complexity index is 960. The van der Waals surface area contributed by atoms with Crippen molar-refractivity contribution in [2.45, 2.75) is 26.5 Å². The second kappa shape index (κ2) is 8.34. The van der Waals surface area contributed by atoms with E-state index in [1.807, 2.05) is 16.1 Å². The lowest BCUT2D eigenvalue weighted by Crippen LogP contribution is -2.26. The van der Waals surface area contributed by atoms with E-state index in [0.29, 0.717) is 22.1 Å². The molecule has 1 heterocycles. The molecule has 4 nitrogen and oxygen atoms in total. The van der Waals surface area contributed by atoms with Crippen molar-refractivity contribution in [2.75, 3.05) is 0 Å². The Morgan fingerprint density at radius 2 is 2.04 bits per heavy atom. The normalized spacial score (nSPS) is 12.8. The van der Waals surface area contributed by atoms with Gasteiger partial charge in [-0.05, 0) is 37.6 Å². The van der Waals surface area contributed by atoms with Gasteiger partial charge in [-0.15, -0.1) is 11.3 Å². The molecule has 0 radical (unpaired) electrons. The molecule has 1 aromatic heterocycles. The molecule has 3 rings (SSSR count). The summed E-state index contributed by atoms with van der Waals surface area (Å²) in [6, 6.07) is 15.3. The average molecular weight is 387 g/mol. The molecule has 26 heavy (non-hydrogen) atoms. The predicted octanol–water partition coefficient (Wildman–Crippen LogP) is 4.45. The molecule has 1 unspecified atom stereocenters. The molecule has 0 spiro atoms. The number of carbonyl (C=O) groups is 1. The van der Waals surface area contributed by atoms with Gasteiger partial charge in [-0.25, -0.2) is 0 Å². The Balaban J connectivity index is 1.74. The van der Waals surface area contributed by atoms with E-state index in [4.69, 9.17) is 16.3 Å². The minimum atomic E-state index is -0.691. The topological polar surface area (TPSA) is 43.6 Å². The lowest BCUT2D eigenvalue weighted by atomic mass is 10.1. The number of carbonyl (C=O) groups excluding carboxylic acids is 1. The lowest BCUT2D eigenvalue weighted by Gasteiger charge is -2.11. The molecule has 2 aromatic carbocycles. The van der Waals surface area contributed by atoms with E-state index in [1.54, 1.807) is 31.2 Å². The number of nitrogens with zero attached hydrogens (tertiary/aromatic N) is 2. The molecule has 134 valence electrons. The summed E-state index contributed by atoms with van der Waals surface area (Å²) in [5.74, 6) is 0.220. The zero-order valence-electron chi connectivity index (χ0n) is 14.6. The Hall–Kier alpha value is -2.37. The molecule has 0 aliphatic carbocycles. The van der Waals surface area contributed by atoms with Gasteiger partial charge in [-0.2, -0.15) is 4.99 Å². The number of amides is 1. The van der Waals surface area contributed by atoms with Crippen LogP contribution in [-0.2, 0) is 11.3 Å². The fourth-order valence-electron chi connectivity index (χ4n) is 2.38. The van der Waals surface area contributed by atoms with Crippen molar-refractivity contribution in [3.8, 4) is 5.75 Å². The van der Waals surface area contributed by atoms with Gasteiger partial charge in [0.1, 0.15) is 5.75 Å². The second-order valence-electron chi connectivity index (χ2n) is 5.97. The van der Waals surface area contributed by atoms with Gasteiger partial charge in [-0.3, -0.25) is 4.79 Å². The third kappa shape index (κ3) is 4.84. The molecular formula is C20H19ClN2O2S. The first-order chi connectivity index (χ1) is 12.5. The van der Waals surface area contributed by atoms with Crippen LogP contribution in [0, 0.1) is 6.92 Å². The molecular weight excluding hydrogens is 368 g/mol. The minimum Gasteiger partial charge on any atom is -0.481 e. The van der Waals surface area contributed by atoms with E-state index in [0.717, 1.165) is 5.56 Å². The molecule has 0 N–H and O–H groups in total. The monoisotopic (exact) mass is 386 g/mol. The van der Waals surface area contributed by atoms with Gasteiger partial charge < -0.3 is 9.30 Å². The summed E-state index contributed by atoms with van der Waals surface area (Å²) in [7, 11) is 0. The zero-order chi connectivity index (χ0) is 18.5. The average Bonchev–Trinajstić information content (AvgIpc) is 3.03. The van der Waals surface area contributed by atoms with Gasteiger partial charge >= 0.3 is 0 Å². The van der Waals surface area contributed by atoms with Crippen LogP contribution in [0.25, 0.3) is 0 Å². The molecule has 0 aliphatic heterocycles. The summed E-state index contributed by atoms with van der Waals surface area (Å²) in [6.07, 6.45) is 1.24. The Labute approximate surface area is 161 Å². The van der Waals surface area contributed by atoms with Gasteiger partial charge in [0.05, 0.1) is 0 Å². The van der Waals surface area contributed by atoms with Gasteiger partial charge in [-0.1, -0.05) is 47.5 Å². The molecule has 6 heteroatoms. The van der Waals surface area contributed by atoms with Crippen LogP contribution in [-0.4, -0.2) is 16.6 Å². The standard InChI is InChI=1S/C20H19ClN2O2S/c1-14-6-8-16(9-7-14)13-23-10-11-26-20(23)22-19(24)15(2)25-18-5-3-4-17(21)12-18/h3-12,15H,13H2,1-2H3. The van der Waals surface area contributed by atoms with E-state index in [2.05, 4.69) is 36.2 Å². The van der Waals surface area contributed by atoms with Crippen molar-refractivity contribution in [3.05, 3.63) is 81.1 Å². The fourth-order valence-corrected chi connectivity index (χ4v) is 3.29. The zero-order valence-corrected chi connectivity index (χ0v) is 16.1. The molecule has 0 saturated heterocycles. The van der Waals surface area contributed by atoms with Gasteiger partial charge in [0, 0.05) is 23.1 Å². The number of rotatable bonds is 5.